The minimum atomic E-state index is -0.101. The molecular weight excluding hydrogens is 258 g/mol. The lowest BCUT2D eigenvalue weighted by Gasteiger charge is -2.12. The van der Waals surface area contributed by atoms with E-state index in [1.807, 2.05) is 31.1 Å². The van der Waals surface area contributed by atoms with Crippen molar-refractivity contribution in [3.63, 3.8) is 0 Å². The monoisotopic (exact) mass is 271 g/mol. The summed E-state index contributed by atoms with van der Waals surface area (Å²) in [4.78, 5) is 18.5. The van der Waals surface area contributed by atoms with E-state index in [9.17, 15) is 4.79 Å². The van der Waals surface area contributed by atoms with Crippen molar-refractivity contribution in [3.8, 4) is 5.75 Å². The first-order valence-electron chi connectivity index (χ1n) is 6.09. The van der Waals surface area contributed by atoms with Gasteiger partial charge in [-0.3, -0.25) is 4.79 Å². The Balaban J connectivity index is 2.38. The van der Waals surface area contributed by atoms with E-state index in [4.69, 9.17) is 9.67 Å². The molecule has 0 saturated heterocycles. The number of hydrogen-bond acceptors (Lipinski definition) is 5. The Morgan fingerprint density at radius 3 is 2.35 bits per heavy atom. The third-order valence-electron chi connectivity index (χ3n) is 3.25. The Morgan fingerprint density at radius 1 is 1.05 bits per heavy atom. The molecule has 0 fully saturated rings. The summed E-state index contributed by atoms with van der Waals surface area (Å²) in [7, 11) is 3.83. The number of nitrogens with zero attached hydrogens (tertiary/aromatic N) is 1. The fourth-order valence-electron chi connectivity index (χ4n) is 2.16. The largest absolute Gasteiger partial charge is 0.456 e. The average Bonchev–Trinajstić information content (AvgIpc) is 2.46. The van der Waals surface area contributed by atoms with Crippen LogP contribution in [0.1, 0.15) is 0 Å². The Bertz CT molecular complexity index is 851. The molecule has 102 valence electrons. The molecule has 0 saturated carbocycles. The molecule has 1 aromatic heterocycles. The fraction of sp³-hybridized carbons (Fsp3) is 0.133. The van der Waals surface area contributed by atoms with Crippen molar-refractivity contribution in [1.29, 1.82) is 0 Å². The van der Waals surface area contributed by atoms with Gasteiger partial charge in [0.15, 0.2) is 5.75 Å². The molecule has 0 aliphatic heterocycles. The summed E-state index contributed by atoms with van der Waals surface area (Å²) in [6.45, 7) is 0. The number of anilines is 1. The molecule has 2 aromatic carbocycles. The molecule has 0 bridgehead atoms. The maximum absolute atomic E-state index is 12.4. The van der Waals surface area contributed by atoms with Crippen LogP contribution < -0.4 is 15.2 Å². The predicted molar refractivity (Wildman–Crippen MR) is 77.6 cm³/mol. The average molecular weight is 271 g/mol. The molecule has 3 aromatic rings. The lowest BCUT2D eigenvalue weighted by Crippen LogP contribution is -2.09. The van der Waals surface area contributed by atoms with Crippen LogP contribution in [-0.4, -0.2) is 19.4 Å². The zero-order chi connectivity index (χ0) is 14.3. The van der Waals surface area contributed by atoms with Gasteiger partial charge in [0, 0.05) is 31.9 Å². The van der Waals surface area contributed by atoms with Crippen LogP contribution in [0.5, 0.6) is 5.75 Å². The highest BCUT2D eigenvalue weighted by molar-refractivity contribution is 5.91. The van der Waals surface area contributed by atoms with Gasteiger partial charge >= 0.3 is 0 Å². The van der Waals surface area contributed by atoms with Crippen LogP contribution in [0.2, 0.25) is 0 Å². The van der Waals surface area contributed by atoms with Crippen LogP contribution in [0, 0.1) is 0 Å². The molecule has 0 radical (unpaired) electrons. The van der Waals surface area contributed by atoms with Crippen molar-refractivity contribution in [1.82, 2.24) is 0 Å². The number of rotatable bonds is 2. The van der Waals surface area contributed by atoms with E-state index >= 15 is 0 Å². The lowest BCUT2D eigenvalue weighted by atomic mass is 10.1. The minimum absolute atomic E-state index is 0.101. The van der Waals surface area contributed by atoms with Crippen LogP contribution in [0.25, 0.3) is 21.9 Å². The molecule has 0 amide bonds. The standard InChI is InChI=1S/C15H13NO4/c1-16(2)9-3-5-11-13(7-9)19-14-8-10(20-18)4-6-12(14)15(11)17/h3-8,18H,1-2H3. The minimum Gasteiger partial charge on any atom is -0.456 e. The SMILES string of the molecule is CN(C)c1ccc2c(=O)c3ccc(OO)cc3oc2c1. The maximum atomic E-state index is 12.4. The Hall–Kier alpha value is -2.53. The maximum Gasteiger partial charge on any atom is 0.200 e. The van der Waals surface area contributed by atoms with Gasteiger partial charge in [-0.2, -0.15) is 0 Å². The Kier molecular flexibility index (Phi) is 2.84. The van der Waals surface area contributed by atoms with E-state index in [1.165, 1.54) is 12.1 Å². The molecule has 20 heavy (non-hydrogen) atoms. The van der Waals surface area contributed by atoms with Gasteiger partial charge in [-0.05, 0) is 24.3 Å². The molecule has 1 N–H and O–H groups in total. The van der Waals surface area contributed by atoms with Gasteiger partial charge in [0.25, 0.3) is 0 Å². The van der Waals surface area contributed by atoms with E-state index in [0.717, 1.165) is 5.69 Å². The second-order valence-corrected chi connectivity index (χ2v) is 4.76. The normalized spacial score (nSPS) is 10.9. The molecular formula is C15H13NO4. The van der Waals surface area contributed by atoms with Crippen molar-refractivity contribution >= 4 is 27.6 Å². The first-order valence-corrected chi connectivity index (χ1v) is 6.09. The smallest absolute Gasteiger partial charge is 0.200 e. The molecule has 3 rings (SSSR count). The van der Waals surface area contributed by atoms with Gasteiger partial charge in [0.1, 0.15) is 11.2 Å². The van der Waals surface area contributed by atoms with Crippen molar-refractivity contribution in [2.45, 2.75) is 0 Å². The summed E-state index contributed by atoms with van der Waals surface area (Å²) in [5.41, 5.74) is 1.72. The van der Waals surface area contributed by atoms with Crippen LogP contribution in [0.4, 0.5) is 5.69 Å². The van der Waals surface area contributed by atoms with E-state index in [2.05, 4.69) is 4.89 Å². The summed E-state index contributed by atoms with van der Waals surface area (Å²) in [6.07, 6.45) is 0. The second kappa shape index (κ2) is 4.54. The molecule has 0 aliphatic carbocycles. The van der Waals surface area contributed by atoms with Crippen molar-refractivity contribution in [2.75, 3.05) is 19.0 Å². The second-order valence-electron chi connectivity index (χ2n) is 4.76. The van der Waals surface area contributed by atoms with Gasteiger partial charge in [0.05, 0.1) is 10.8 Å². The van der Waals surface area contributed by atoms with E-state index in [0.29, 0.717) is 21.9 Å². The lowest BCUT2D eigenvalue weighted by molar-refractivity contribution is -0.137. The topological polar surface area (TPSA) is 62.9 Å². The molecule has 1 heterocycles. The molecule has 5 nitrogen and oxygen atoms in total. The summed E-state index contributed by atoms with van der Waals surface area (Å²) >= 11 is 0. The van der Waals surface area contributed by atoms with Gasteiger partial charge in [-0.1, -0.05) is 0 Å². The van der Waals surface area contributed by atoms with Crippen molar-refractivity contribution in [3.05, 3.63) is 46.6 Å². The van der Waals surface area contributed by atoms with E-state index in [-0.39, 0.29) is 11.2 Å². The Morgan fingerprint density at radius 2 is 1.70 bits per heavy atom. The molecule has 0 unspecified atom stereocenters. The number of fused-ring (bicyclic) bond motifs is 2. The first-order chi connectivity index (χ1) is 9.60. The van der Waals surface area contributed by atoms with Gasteiger partial charge in [0.2, 0.25) is 5.43 Å². The summed E-state index contributed by atoms with van der Waals surface area (Å²) in [5, 5.41) is 9.65. The highest BCUT2D eigenvalue weighted by Crippen LogP contribution is 2.25. The zero-order valence-electron chi connectivity index (χ0n) is 11.1. The molecule has 0 atom stereocenters. The van der Waals surface area contributed by atoms with Crippen LogP contribution in [0.15, 0.2) is 45.6 Å². The van der Waals surface area contributed by atoms with Gasteiger partial charge in [-0.25, -0.2) is 5.26 Å². The number of benzene rings is 2. The van der Waals surface area contributed by atoms with Crippen molar-refractivity contribution < 1.29 is 14.6 Å². The third-order valence-corrected chi connectivity index (χ3v) is 3.25. The summed E-state index contributed by atoms with van der Waals surface area (Å²) < 4.78 is 5.74. The summed E-state index contributed by atoms with van der Waals surface area (Å²) in [5.74, 6) is 0.226. The molecule has 0 spiro atoms. The quantitative estimate of drug-likeness (QED) is 0.441. The molecule has 5 heteroatoms. The predicted octanol–water partition coefficient (Wildman–Crippen LogP) is 2.86. The van der Waals surface area contributed by atoms with Crippen molar-refractivity contribution in [2.24, 2.45) is 0 Å². The fourth-order valence-corrected chi connectivity index (χ4v) is 2.16. The number of hydrogen-bond donors (Lipinski definition) is 1. The first kappa shape index (κ1) is 12.5. The van der Waals surface area contributed by atoms with Gasteiger partial charge in [-0.15, -0.1) is 0 Å². The van der Waals surface area contributed by atoms with Crippen LogP contribution in [-0.2, 0) is 0 Å². The highest BCUT2D eigenvalue weighted by Gasteiger charge is 2.10. The Labute approximate surface area is 114 Å². The van der Waals surface area contributed by atoms with Crippen LogP contribution in [0.3, 0.4) is 0 Å². The van der Waals surface area contributed by atoms with Gasteiger partial charge < -0.3 is 14.2 Å². The highest BCUT2D eigenvalue weighted by atomic mass is 17.1. The third kappa shape index (κ3) is 1.88. The summed E-state index contributed by atoms with van der Waals surface area (Å²) in [6, 6.07) is 10.0. The molecule has 0 aliphatic rings. The van der Waals surface area contributed by atoms with E-state index < -0.39 is 0 Å². The van der Waals surface area contributed by atoms with Crippen LogP contribution >= 0.6 is 0 Å². The van der Waals surface area contributed by atoms with E-state index in [1.54, 1.807) is 12.1 Å². The zero-order valence-corrected chi connectivity index (χ0v) is 11.1.